The largest absolute Gasteiger partial charge is 0.439 e. The van der Waals surface area contributed by atoms with Crippen molar-refractivity contribution in [2.75, 3.05) is 5.73 Å². The van der Waals surface area contributed by atoms with Gasteiger partial charge in [-0.15, -0.1) is 0 Å². The van der Waals surface area contributed by atoms with Crippen LogP contribution < -0.4 is 10.5 Å². The fraction of sp³-hybridized carbons (Fsp3) is 0. The molecular weight excluding hydrogens is 226 g/mol. The second kappa shape index (κ2) is 4.33. The lowest BCUT2D eigenvalue weighted by Crippen LogP contribution is -1.92. The van der Waals surface area contributed by atoms with Crippen molar-refractivity contribution in [2.45, 2.75) is 0 Å². The van der Waals surface area contributed by atoms with Crippen LogP contribution in [0.25, 0.3) is 10.9 Å². The zero-order valence-corrected chi connectivity index (χ0v) is 9.58. The van der Waals surface area contributed by atoms with Crippen LogP contribution in [0.4, 0.5) is 5.82 Å². The van der Waals surface area contributed by atoms with E-state index in [-0.39, 0.29) is 0 Å². The van der Waals surface area contributed by atoms with E-state index >= 15 is 0 Å². The number of benzene rings is 1. The molecule has 0 saturated carbocycles. The van der Waals surface area contributed by atoms with Gasteiger partial charge in [0.2, 0.25) is 5.88 Å². The second-order valence-corrected chi connectivity index (χ2v) is 3.86. The average Bonchev–Trinajstić information content (AvgIpc) is 2.39. The molecule has 0 amide bonds. The molecule has 0 atom stereocenters. The van der Waals surface area contributed by atoms with Crippen LogP contribution in [0.3, 0.4) is 0 Å². The summed E-state index contributed by atoms with van der Waals surface area (Å²) >= 11 is 0. The van der Waals surface area contributed by atoms with Crippen molar-refractivity contribution in [1.82, 2.24) is 9.97 Å². The van der Waals surface area contributed by atoms with E-state index in [1.807, 2.05) is 30.3 Å². The van der Waals surface area contributed by atoms with Gasteiger partial charge in [0, 0.05) is 23.7 Å². The molecule has 0 saturated heterocycles. The Kier molecular flexibility index (Phi) is 2.53. The first-order valence-corrected chi connectivity index (χ1v) is 5.56. The number of ether oxygens (including phenoxy) is 1. The number of aromatic nitrogens is 2. The van der Waals surface area contributed by atoms with E-state index < -0.39 is 0 Å². The van der Waals surface area contributed by atoms with Gasteiger partial charge in [-0.3, -0.25) is 4.98 Å². The standard InChI is InChI=1S/C14H11N3O/c15-13-4-1-5-14(17-13)18-11-7-6-10-3-2-8-16-12(10)9-11/h1-9H,(H2,15,17). The predicted octanol–water partition coefficient (Wildman–Crippen LogP) is 3.00. The highest BCUT2D eigenvalue weighted by Crippen LogP contribution is 2.23. The van der Waals surface area contributed by atoms with Crippen molar-refractivity contribution in [1.29, 1.82) is 0 Å². The van der Waals surface area contributed by atoms with Gasteiger partial charge in [0.25, 0.3) is 0 Å². The Labute approximate surface area is 104 Å². The highest BCUT2D eigenvalue weighted by Gasteiger charge is 2.01. The van der Waals surface area contributed by atoms with Crippen molar-refractivity contribution in [3.05, 3.63) is 54.7 Å². The Balaban J connectivity index is 1.95. The maximum Gasteiger partial charge on any atom is 0.221 e. The molecule has 3 rings (SSSR count). The van der Waals surface area contributed by atoms with Crippen LogP contribution in [0.5, 0.6) is 11.6 Å². The minimum Gasteiger partial charge on any atom is -0.439 e. The molecule has 0 unspecified atom stereocenters. The molecule has 0 radical (unpaired) electrons. The number of nitrogens with two attached hydrogens (primary N) is 1. The lowest BCUT2D eigenvalue weighted by atomic mass is 10.2. The van der Waals surface area contributed by atoms with E-state index in [9.17, 15) is 0 Å². The number of hydrogen-bond acceptors (Lipinski definition) is 4. The number of fused-ring (bicyclic) bond motifs is 1. The average molecular weight is 237 g/mol. The van der Waals surface area contributed by atoms with Crippen molar-refractivity contribution in [2.24, 2.45) is 0 Å². The van der Waals surface area contributed by atoms with Crippen LogP contribution in [0.2, 0.25) is 0 Å². The molecule has 2 N–H and O–H groups in total. The summed E-state index contributed by atoms with van der Waals surface area (Å²) in [6, 6.07) is 14.9. The zero-order chi connectivity index (χ0) is 12.4. The molecule has 0 aliphatic carbocycles. The highest BCUT2D eigenvalue weighted by atomic mass is 16.5. The zero-order valence-electron chi connectivity index (χ0n) is 9.58. The minimum atomic E-state index is 0.436. The third-order valence-corrected chi connectivity index (χ3v) is 2.54. The summed E-state index contributed by atoms with van der Waals surface area (Å²) in [6.07, 6.45) is 1.75. The van der Waals surface area contributed by atoms with Gasteiger partial charge >= 0.3 is 0 Å². The SMILES string of the molecule is Nc1cccc(Oc2ccc3cccnc3c2)n1. The number of nitrogens with zero attached hydrogens (tertiary/aromatic N) is 2. The molecular formula is C14H11N3O. The van der Waals surface area contributed by atoms with Crippen molar-refractivity contribution in [3.63, 3.8) is 0 Å². The summed E-state index contributed by atoms with van der Waals surface area (Å²) in [5, 5.41) is 1.07. The Morgan fingerprint density at radius 3 is 2.83 bits per heavy atom. The van der Waals surface area contributed by atoms with Crippen LogP contribution in [0, 0.1) is 0 Å². The summed E-state index contributed by atoms with van der Waals surface area (Å²) in [7, 11) is 0. The molecule has 3 aromatic rings. The van der Waals surface area contributed by atoms with E-state index in [4.69, 9.17) is 10.5 Å². The molecule has 0 spiro atoms. The maximum absolute atomic E-state index is 5.64. The molecule has 4 heteroatoms. The molecule has 4 nitrogen and oxygen atoms in total. The summed E-state index contributed by atoms with van der Waals surface area (Å²) < 4.78 is 5.64. The number of rotatable bonds is 2. The molecule has 88 valence electrons. The third kappa shape index (κ3) is 2.08. The van der Waals surface area contributed by atoms with E-state index in [1.54, 1.807) is 24.4 Å². The van der Waals surface area contributed by atoms with Gasteiger partial charge in [0.05, 0.1) is 5.52 Å². The molecule has 2 aromatic heterocycles. The molecule has 0 bridgehead atoms. The first-order chi connectivity index (χ1) is 8.81. The monoisotopic (exact) mass is 237 g/mol. The minimum absolute atomic E-state index is 0.436. The van der Waals surface area contributed by atoms with Crippen LogP contribution in [-0.4, -0.2) is 9.97 Å². The van der Waals surface area contributed by atoms with Crippen LogP contribution >= 0.6 is 0 Å². The summed E-state index contributed by atoms with van der Waals surface area (Å²) in [4.78, 5) is 8.36. The van der Waals surface area contributed by atoms with E-state index in [0.29, 0.717) is 17.4 Å². The number of pyridine rings is 2. The molecule has 0 aliphatic heterocycles. The number of anilines is 1. The Bertz CT molecular complexity index is 697. The van der Waals surface area contributed by atoms with Gasteiger partial charge < -0.3 is 10.5 Å². The smallest absolute Gasteiger partial charge is 0.221 e. The van der Waals surface area contributed by atoms with Crippen molar-refractivity contribution >= 4 is 16.7 Å². The Morgan fingerprint density at radius 1 is 1.00 bits per heavy atom. The lowest BCUT2D eigenvalue weighted by molar-refractivity contribution is 0.464. The fourth-order valence-electron chi connectivity index (χ4n) is 1.72. The topological polar surface area (TPSA) is 61.0 Å². The maximum atomic E-state index is 5.64. The normalized spacial score (nSPS) is 10.4. The van der Waals surface area contributed by atoms with E-state index in [1.165, 1.54) is 0 Å². The first-order valence-electron chi connectivity index (χ1n) is 5.56. The van der Waals surface area contributed by atoms with Gasteiger partial charge in [-0.1, -0.05) is 12.1 Å². The lowest BCUT2D eigenvalue weighted by Gasteiger charge is -2.05. The van der Waals surface area contributed by atoms with Crippen LogP contribution in [-0.2, 0) is 0 Å². The molecule has 18 heavy (non-hydrogen) atoms. The van der Waals surface area contributed by atoms with Gasteiger partial charge in [0.15, 0.2) is 0 Å². The van der Waals surface area contributed by atoms with Crippen LogP contribution in [0.1, 0.15) is 0 Å². The van der Waals surface area contributed by atoms with Gasteiger partial charge in [-0.2, -0.15) is 4.98 Å². The van der Waals surface area contributed by atoms with Gasteiger partial charge in [-0.05, 0) is 24.3 Å². The molecule has 1 aromatic carbocycles. The van der Waals surface area contributed by atoms with Crippen molar-refractivity contribution < 1.29 is 4.74 Å². The predicted molar refractivity (Wildman–Crippen MR) is 70.5 cm³/mol. The second-order valence-electron chi connectivity index (χ2n) is 3.86. The fourth-order valence-corrected chi connectivity index (χ4v) is 1.72. The summed E-state index contributed by atoms with van der Waals surface area (Å²) in [6.45, 7) is 0. The molecule has 0 aliphatic rings. The van der Waals surface area contributed by atoms with Crippen LogP contribution in [0.15, 0.2) is 54.7 Å². The Hall–Kier alpha value is -2.62. The highest BCUT2D eigenvalue weighted by molar-refractivity contribution is 5.79. The Morgan fingerprint density at radius 2 is 1.94 bits per heavy atom. The third-order valence-electron chi connectivity index (χ3n) is 2.54. The summed E-state index contributed by atoms with van der Waals surface area (Å²) in [5.74, 6) is 1.61. The number of nitrogen functional groups attached to an aromatic ring is 1. The number of hydrogen-bond donors (Lipinski definition) is 1. The molecule has 0 fully saturated rings. The van der Waals surface area contributed by atoms with Crippen molar-refractivity contribution in [3.8, 4) is 11.6 Å². The first kappa shape index (κ1) is 10.5. The summed E-state index contributed by atoms with van der Waals surface area (Å²) in [5.41, 5.74) is 6.49. The van der Waals surface area contributed by atoms with Gasteiger partial charge in [0.1, 0.15) is 11.6 Å². The van der Waals surface area contributed by atoms with Gasteiger partial charge in [-0.25, -0.2) is 0 Å². The van der Waals surface area contributed by atoms with E-state index in [2.05, 4.69) is 9.97 Å². The molecule has 2 heterocycles. The quantitative estimate of drug-likeness (QED) is 0.744. The van der Waals surface area contributed by atoms with E-state index in [0.717, 1.165) is 10.9 Å².